The molecule has 0 fully saturated rings. The standard InChI is InChI=1S/C12H18BrNO2/c1-9(5-6-16-2)14-8-10-3-4-12(15)11(13)7-10/h3-4,7,9,14-15H,5-6,8H2,1-2H3. The monoisotopic (exact) mass is 287 g/mol. The number of phenolic OH excluding ortho intramolecular Hbond substituents is 1. The van der Waals surface area contributed by atoms with E-state index in [1.807, 2.05) is 12.1 Å². The average molecular weight is 288 g/mol. The molecule has 0 amide bonds. The lowest BCUT2D eigenvalue weighted by Crippen LogP contribution is -2.26. The lowest BCUT2D eigenvalue weighted by Gasteiger charge is -2.13. The zero-order chi connectivity index (χ0) is 12.0. The highest BCUT2D eigenvalue weighted by Gasteiger charge is 2.03. The molecule has 0 aliphatic heterocycles. The number of ether oxygens (including phenoxy) is 1. The third-order valence-electron chi connectivity index (χ3n) is 2.42. The van der Waals surface area contributed by atoms with Crippen molar-refractivity contribution in [3.05, 3.63) is 28.2 Å². The summed E-state index contributed by atoms with van der Waals surface area (Å²) >= 11 is 3.30. The van der Waals surface area contributed by atoms with E-state index < -0.39 is 0 Å². The first-order chi connectivity index (χ1) is 7.63. The molecule has 0 bridgehead atoms. The third kappa shape index (κ3) is 4.51. The fourth-order valence-corrected chi connectivity index (χ4v) is 1.78. The summed E-state index contributed by atoms with van der Waals surface area (Å²) in [5, 5.41) is 12.8. The molecule has 0 spiro atoms. The van der Waals surface area contributed by atoms with Gasteiger partial charge in [-0.25, -0.2) is 0 Å². The SMILES string of the molecule is COCCC(C)NCc1ccc(O)c(Br)c1. The van der Waals surface area contributed by atoms with Crippen LogP contribution in [0, 0.1) is 0 Å². The Morgan fingerprint density at radius 2 is 2.25 bits per heavy atom. The maximum atomic E-state index is 9.35. The van der Waals surface area contributed by atoms with Crippen LogP contribution in [0.1, 0.15) is 18.9 Å². The Morgan fingerprint density at radius 3 is 2.88 bits per heavy atom. The first-order valence-corrected chi connectivity index (χ1v) is 6.12. The van der Waals surface area contributed by atoms with Crippen molar-refractivity contribution < 1.29 is 9.84 Å². The Balaban J connectivity index is 2.39. The average Bonchev–Trinajstić information content (AvgIpc) is 2.28. The van der Waals surface area contributed by atoms with Gasteiger partial charge in [-0.2, -0.15) is 0 Å². The Hall–Kier alpha value is -0.580. The molecule has 0 heterocycles. The summed E-state index contributed by atoms with van der Waals surface area (Å²) < 4.78 is 5.75. The summed E-state index contributed by atoms with van der Waals surface area (Å²) in [6, 6.07) is 5.95. The van der Waals surface area contributed by atoms with Gasteiger partial charge in [-0.1, -0.05) is 6.07 Å². The summed E-state index contributed by atoms with van der Waals surface area (Å²) in [5.74, 6) is 0.274. The van der Waals surface area contributed by atoms with Gasteiger partial charge in [-0.3, -0.25) is 0 Å². The largest absolute Gasteiger partial charge is 0.507 e. The van der Waals surface area contributed by atoms with E-state index in [9.17, 15) is 5.11 Å². The Bertz CT molecular complexity index is 331. The number of hydrogen-bond acceptors (Lipinski definition) is 3. The van der Waals surface area contributed by atoms with Crippen molar-refractivity contribution in [3.8, 4) is 5.75 Å². The normalized spacial score (nSPS) is 12.7. The number of nitrogens with one attached hydrogen (secondary N) is 1. The van der Waals surface area contributed by atoms with Crippen LogP contribution in [-0.4, -0.2) is 24.9 Å². The molecule has 90 valence electrons. The molecule has 1 atom stereocenters. The van der Waals surface area contributed by atoms with Crippen LogP contribution in [0.2, 0.25) is 0 Å². The minimum Gasteiger partial charge on any atom is -0.507 e. The number of phenols is 1. The van der Waals surface area contributed by atoms with Gasteiger partial charge in [0.1, 0.15) is 5.75 Å². The maximum Gasteiger partial charge on any atom is 0.129 e. The first-order valence-electron chi connectivity index (χ1n) is 5.33. The molecule has 3 nitrogen and oxygen atoms in total. The number of aromatic hydroxyl groups is 1. The van der Waals surface area contributed by atoms with Crippen LogP contribution >= 0.6 is 15.9 Å². The predicted octanol–water partition coefficient (Wildman–Crippen LogP) is 2.67. The van der Waals surface area contributed by atoms with Gasteiger partial charge in [0.25, 0.3) is 0 Å². The van der Waals surface area contributed by atoms with Gasteiger partial charge in [0.2, 0.25) is 0 Å². The van der Waals surface area contributed by atoms with Crippen LogP contribution in [0.3, 0.4) is 0 Å². The molecular weight excluding hydrogens is 270 g/mol. The molecule has 0 aliphatic rings. The lowest BCUT2D eigenvalue weighted by molar-refractivity contribution is 0.184. The van der Waals surface area contributed by atoms with Crippen molar-refractivity contribution in [1.29, 1.82) is 0 Å². The van der Waals surface area contributed by atoms with Crippen molar-refractivity contribution in [2.45, 2.75) is 25.9 Å². The summed E-state index contributed by atoms with van der Waals surface area (Å²) in [5.41, 5.74) is 1.15. The number of rotatable bonds is 6. The van der Waals surface area contributed by atoms with E-state index in [0.29, 0.717) is 6.04 Å². The molecular formula is C12H18BrNO2. The topological polar surface area (TPSA) is 41.5 Å². The van der Waals surface area contributed by atoms with E-state index in [1.54, 1.807) is 13.2 Å². The summed E-state index contributed by atoms with van der Waals surface area (Å²) in [6.45, 7) is 3.70. The second-order valence-corrected chi connectivity index (χ2v) is 4.70. The Kier molecular flexibility index (Phi) is 5.80. The van der Waals surface area contributed by atoms with Crippen LogP contribution in [0.25, 0.3) is 0 Å². The van der Waals surface area contributed by atoms with Crippen LogP contribution in [0.15, 0.2) is 22.7 Å². The number of methoxy groups -OCH3 is 1. The van der Waals surface area contributed by atoms with Gasteiger partial charge in [0.15, 0.2) is 0 Å². The van der Waals surface area contributed by atoms with Gasteiger partial charge in [0.05, 0.1) is 4.47 Å². The number of hydrogen-bond donors (Lipinski definition) is 2. The van der Waals surface area contributed by atoms with Crippen molar-refractivity contribution in [3.63, 3.8) is 0 Å². The van der Waals surface area contributed by atoms with E-state index in [4.69, 9.17) is 4.74 Å². The molecule has 1 aromatic rings. The molecule has 16 heavy (non-hydrogen) atoms. The number of halogens is 1. The molecule has 1 aromatic carbocycles. The van der Waals surface area contributed by atoms with Crippen molar-refractivity contribution in [1.82, 2.24) is 5.32 Å². The Morgan fingerprint density at radius 1 is 1.50 bits per heavy atom. The third-order valence-corrected chi connectivity index (χ3v) is 3.06. The molecule has 2 N–H and O–H groups in total. The van der Waals surface area contributed by atoms with Crippen molar-refractivity contribution >= 4 is 15.9 Å². The number of benzene rings is 1. The molecule has 0 aliphatic carbocycles. The van der Waals surface area contributed by atoms with E-state index in [2.05, 4.69) is 28.2 Å². The zero-order valence-corrected chi connectivity index (χ0v) is 11.3. The van der Waals surface area contributed by atoms with Crippen LogP contribution in [-0.2, 0) is 11.3 Å². The highest BCUT2D eigenvalue weighted by molar-refractivity contribution is 9.10. The van der Waals surface area contributed by atoms with Crippen LogP contribution in [0.5, 0.6) is 5.75 Å². The fraction of sp³-hybridized carbons (Fsp3) is 0.500. The van der Waals surface area contributed by atoms with E-state index in [1.165, 1.54) is 0 Å². The van der Waals surface area contributed by atoms with Crippen molar-refractivity contribution in [2.24, 2.45) is 0 Å². The van der Waals surface area contributed by atoms with Crippen LogP contribution in [0.4, 0.5) is 0 Å². The maximum absolute atomic E-state index is 9.35. The van der Waals surface area contributed by atoms with Gasteiger partial charge < -0.3 is 15.2 Å². The molecule has 0 saturated heterocycles. The van der Waals surface area contributed by atoms with Gasteiger partial charge in [-0.05, 0) is 47.0 Å². The molecule has 0 saturated carbocycles. The van der Waals surface area contributed by atoms with E-state index in [-0.39, 0.29) is 5.75 Å². The van der Waals surface area contributed by atoms with E-state index >= 15 is 0 Å². The van der Waals surface area contributed by atoms with E-state index in [0.717, 1.165) is 29.6 Å². The second kappa shape index (κ2) is 6.89. The summed E-state index contributed by atoms with van der Waals surface area (Å²) in [4.78, 5) is 0. The predicted molar refractivity (Wildman–Crippen MR) is 68.6 cm³/mol. The minimum atomic E-state index is 0.274. The first kappa shape index (κ1) is 13.5. The van der Waals surface area contributed by atoms with Crippen molar-refractivity contribution in [2.75, 3.05) is 13.7 Å². The van der Waals surface area contributed by atoms with Gasteiger partial charge >= 0.3 is 0 Å². The highest BCUT2D eigenvalue weighted by atomic mass is 79.9. The van der Waals surface area contributed by atoms with Gasteiger partial charge in [0, 0.05) is 26.3 Å². The van der Waals surface area contributed by atoms with Gasteiger partial charge in [-0.15, -0.1) is 0 Å². The minimum absolute atomic E-state index is 0.274. The van der Waals surface area contributed by atoms with Crippen LogP contribution < -0.4 is 5.32 Å². The molecule has 4 heteroatoms. The zero-order valence-electron chi connectivity index (χ0n) is 9.66. The fourth-order valence-electron chi connectivity index (χ4n) is 1.35. The lowest BCUT2D eigenvalue weighted by atomic mass is 10.2. The highest BCUT2D eigenvalue weighted by Crippen LogP contribution is 2.24. The summed E-state index contributed by atoms with van der Waals surface area (Å²) in [6.07, 6.45) is 0.996. The smallest absolute Gasteiger partial charge is 0.129 e. The molecule has 1 rings (SSSR count). The molecule has 1 unspecified atom stereocenters. The Labute approximate surface area is 105 Å². The molecule has 0 aromatic heterocycles. The summed E-state index contributed by atoms with van der Waals surface area (Å²) in [7, 11) is 1.71. The molecule has 0 radical (unpaired) electrons. The second-order valence-electron chi connectivity index (χ2n) is 3.85. The quantitative estimate of drug-likeness (QED) is 0.845.